The second-order valence-corrected chi connectivity index (χ2v) is 9.12. The van der Waals surface area contributed by atoms with Crippen LogP contribution >= 0.6 is 0 Å². The van der Waals surface area contributed by atoms with E-state index in [0.29, 0.717) is 31.7 Å². The Morgan fingerprint density at radius 1 is 1.17 bits per heavy atom. The molecule has 3 rings (SSSR count). The first-order valence-electron chi connectivity index (χ1n) is 9.54. The molecule has 0 saturated carbocycles. The van der Waals surface area contributed by atoms with E-state index in [1.165, 1.54) is 10.4 Å². The number of rotatable bonds is 5. The van der Waals surface area contributed by atoms with Gasteiger partial charge in [0.1, 0.15) is 10.6 Å². The molecular formula is C19H24F2N4O4S. The fourth-order valence-corrected chi connectivity index (χ4v) is 5.26. The van der Waals surface area contributed by atoms with Crippen molar-refractivity contribution in [2.45, 2.75) is 38.1 Å². The molecule has 1 unspecified atom stereocenters. The van der Waals surface area contributed by atoms with Gasteiger partial charge in [0.15, 0.2) is 17.4 Å². The number of carbonyl (C=O) groups is 1. The van der Waals surface area contributed by atoms with Gasteiger partial charge >= 0.3 is 0 Å². The fraction of sp³-hybridized carbons (Fsp3) is 0.474. The molecule has 11 heteroatoms. The molecule has 1 aliphatic rings. The fourth-order valence-electron chi connectivity index (χ4n) is 3.50. The lowest BCUT2D eigenvalue weighted by Crippen LogP contribution is -2.44. The van der Waals surface area contributed by atoms with E-state index < -0.39 is 27.7 Å². The SMILES string of the molecule is Cc1noc(C)c1S(=O)(=O)N1CCCN(C(C)C(=O)Nc2ccc(F)c(F)c2)CC1. The van der Waals surface area contributed by atoms with Crippen LogP contribution in [0.3, 0.4) is 0 Å². The molecule has 2 heterocycles. The number of hydrogen-bond acceptors (Lipinski definition) is 6. The second kappa shape index (κ2) is 8.78. The first-order chi connectivity index (χ1) is 14.1. The summed E-state index contributed by atoms with van der Waals surface area (Å²) in [5.41, 5.74) is 0.469. The molecule has 2 aromatic rings. The Labute approximate surface area is 173 Å². The van der Waals surface area contributed by atoms with Crippen LogP contribution in [0, 0.1) is 25.5 Å². The molecule has 1 N–H and O–H groups in total. The molecule has 1 aromatic heterocycles. The first-order valence-corrected chi connectivity index (χ1v) is 11.0. The Kier molecular flexibility index (Phi) is 6.53. The van der Waals surface area contributed by atoms with Crippen molar-refractivity contribution >= 4 is 21.6 Å². The minimum Gasteiger partial charge on any atom is -0.360 e. The van der Waals surface area contributed by atoms with Gasteiger partial charge in [0.05, 0.1) is 6.04 Å². The number of benzene rings is 1. The Bertz CT molecular complexity index is 1020. The van der Waals surface area contributed by atoms with Crippen LogP contribution in [0.1, 0.15) is 24.8 Å². The third-order valence-corrected chi connectivity index (χ3v) is 7.31. The number of aryl methyl sites for hydroxylation is 2. The van der Waals surface area contributed by atoms with Crippen molar-refractivity contribution in [3.63, 3.8) is 0 Å². The maximum atomic E-state index is 13.4. The highest BCUT2D eigenvalue weighted by Gasteiger charge is 2.33. The van der Waals surface area contributed by atoms with E-state index in [1.54, 1.807) is 20.8 Å². The molecule has 30 heavy (non-hydrogen) atoms. The van der Waals surface area contributed by atoms with E-state index in [0.717, 1.165) is 12.1 Å². The van der Waals surface area contributed by atoms with Gasteiger partial charge < -0.3 is 9.84 Å². The van der Waals surface area contributed by atoms with Gasteiger partial charge in [-0.1, -0.05) is 5.16 Å². The highest BCUT2D eigenvalue weighted by atomic mass is 32.2. The minimum absolute atomic E-state index is 0.0834. The molecule has 8 nitrogen and oxygen atoms in total. The number of nitrogens with one attached hydrogen (secondary N) is 1. The average molecular weight is 442 g/mol. The summed E-state index contributed by atoms with van der Waals surface area (Å²) in [5.74, 6) is -2.18. The van der Waals surface area contributed by atoms with Crippen LogP contribution < -0.4 is 5.32 Å². The molecular weight excluding hydrogens is 418 g/mol. The van der Waals surface area contributed by atoms with Crippen LogP contribution in [0.4, 0.5) is 14.5 Å². The largest absolute Gasteiger partial charge is 0.360 e. The Morgan fingerprint density at radius 2 is 1.90 bits per heavy atom. The molecule has 0 radical (unpaired) electrons. The van der Waals surface area contributed by atoms with E-state index in [4.69, 9.17) is 4.52 Å². The van der Waals surface area contributed by atoms with Crippen molar-refractivity contribution in [2.75, 3.05) is 31.5 Å². The normalized spacial score (nSPS) is 17.5. The summed E-state index contributed by atoms with van der Waals surface area (Å²) < 4.78 is 58.8. The van der Waals surface area contributed by atoms with Crippen molar-refractivity contribution in [1.82, 2.24) is 14.4 Å². The Balaban J connectivity index is 1.67. The number of halogens is 2. The number of anilines is 1. The monoisotopic (exact) mass is 442 g/mol. The smallest absolute Gasteiger partial charge is 0.248 e. The highest BCUT2D eigenvalue weighted by Crippen LogP contribution is 2.24. The number of carbonyl (C=O) groups excluding carboxylic acids is 1. The van der Waals surface area contributed by atoms with Crippen molar-refractivity contribution in [3.8, 4) is 0 Å². The van der Waals surface area contributed by atoms with E-state index in [-0.39, 0.29) is 28.8 Å². The standard InChI is InChI=1S/C19H24F2N4O4S/c1-12-18(14(3)29-23-12)30(27,28)25-8-4-7-24(9-10-25)13(2)19(26)22-15-5-6-16(20)17(21)11-15/h5-6,11,13H,4,7-10H2,1-3H3,(H,22,26). The van der Waals surface area contributed by atoms with Crippen molar-refractivity contribution in [1.29, 1.82) is 0 Å². The lowest BCUT2D eigenvalue weighted by molar-refractivity contribution is -0.120. The van der Waals surface area contributed by atoms with Crippen LogP contribution in [0.5, 0.6) is 0 Å². The van der Waals surface area contributed by atoms with Crippen LogP contribution in [0.15, 0.2) is 27.6 Å². The maximum Gasteiger partial charge on any atom is 0.248 e. The second-order valence-electron chi connectivity index (χ2n) is 7.24. The van der Waals surface area contributed by atoms with Crippen molar-refractivity contribution in [2.24, 2.45) is 0 Å². The summed E-state index contributed by atoms with van der Waals surface area (Å²) in [6.07, 6.45) is 0.533. The summed E-state index contributed by atoms with van der Waals surface area (Å²) in [5, 5.41) is 6.29. The van der Waals surface area contributed by atoms with E-state index in [2.05, 4.69) is 10.5 Å². The van der Waals surface area contributed by atoms with Gasteiger partial charge in [-0.15, -0.1) is 0 Å². The summed E-state index contributed by atoms with van der Waals surface area (Å²) in [6, 6.07) is 2.56. The van der Waals surface area contributed by atoms with Gasteiger partial charge in [-0.05, 0) is 39.3 Å². The number of sulfonamides is 1. The first kappa shape index (κ1) is 22.3. The highest BCUT2D eigenvalue weighted by molar-refractivity contribution is 7.89. The molecule has 0 aliphatic carbocycles. The molecule has 1 fully saturated rings. The van der Waals surface area contributed by atoms with Crippen LogP contribution in [0.2, 0.25) is 0 Å². The third-order valence-electron chi connectivity index (χ3n) is 5.17. The van der Waals surface area contributed by atoms with E-state index in [9.17, 15) is 22.0 Å². The zero-order valence-corrected chi connectivity index (χ0v) is 17.8. The number of hydrogen-bond donors (Lipinski definition) is 1. The third kappa shape index (κ3) is 4.52. The molecule has 0 spiro atoms. The molecule has 1 saturated heterocycles. The number of nitrogens with zero attached hydrogens (tertiary/aromatic N) is 3. The van der Waals surface area contributed by atoms with Gasteiger partial charge in [-0.25, -0.2) is 17.2 Å². The van der Waals surface area contributed by atoms with E-state index >= 15 is 0 Å². The topological polar surface area (TPSA) is 95.8 Å². The summed E-state index contributed by atoms with van der Waals surface area (Å²) in [4.78, 5) is 14.5. The number of amides is 1. The summed E-state index contributed by atoms with van der Waals surface area (Å²) >= 11 is 0. The molecule has 1 amide bonds. The van der Waals surface area contributed by atoms with E-state index in [1.807, 2.05) is 4.90 Å². The van der Waals surface area contributed by atoms with Crippen LogP contribution in [-0.4, -0.2) is 60.9 Å². The zero-order chi connectivity index (χ0) is 22.1. The Hall–Kier alpha value is -2.37. The van der Waals surface area contributed by atoms with Crippen molar-refractivity contribution < 1.29 is 26.5 Å². The van der Waals surface area contributed by atoms with Crippen LogP contribution in [0.25, 0.3) is 0 Å². The molecule has 0 bridgehead atoms. The lowest BCUT2D eigenvalue weighted by Gasteiger charge is -2.27. The lowest BCUT2D eigenvalue weighted by atomic mass is 10.2. The van der Waals surface area contributed by atoms with Gasteiger partial charge in [0, 0.05) is 37.9 Å². The molecule has 1 aliphatic heterocycles. The quantitative estimate of drug-likeness (QED) is 0.764. The zero-order valence-electron chi connectivity index (χ0n) is 17.0. The van der Waals surface area contributed by atoms with Crippen molar-refractivity contribution in [3.05, 3.63) is 41.3 Å². The van der Waals surface area contributed by atoms with Gasteiger partial charge in [-0.3, -0.25) is 9.69 Å². The molecule has 1 aromatic carbocycles. The molecule has 164 valence electrons. The van der Waals surface area contributed by atoms with Gasteiger partial charge in [-0.2, -0.15) is 4.31 Å². The predicted octanol–water partition coefficient (Wildman–Crippen LogP) is 2.29. The van der Waals surface area contributed by atoms with Gasteiger partial charge in [0.2, 0.25) is 15.9 Å². The predicted molar refractivity (Wildman–Crippen MR) is 105 cm³/mol. The van der Waals surface area contributed by atoms with Gasteiger partial charge in [0.25, 0.3) is 0 Å². The Morgan fingerprint density at radius 3 is 2.53 bits per heavy atom. The van der Waals surface area contributed by atoms with Crippen LogP contribution in [-0.2, 0) is 14.8 Å². The summed E-state index contributed by atoms with van der Waals surface area (Å²) in [7, 11) is -3.76. The molecule has 1 atom stereocenters. The average Bonchev–Trinajstić information content (AvgIpc) is 2.89. The minimum atomic E-state index is -3.76. The number of aromatic nitrogens is 1. The maximum absolute atomic E-state index is 13.4. The summed E-state index contributed by atoms with van der Waals surface area (Å²) in [6.45, 7) is 6.19.